The normalized spacial score (nSPS) is 10.9. The SMILES string of the molecule is CCOC(=O)c1ccc(-c2ccccc2[P+](C)(c2ccccc2)c2ccccc2)o1.[Cl-]. The van der Waals surface area contributed by atoms with Crippen LogP contribution in [-0.4, -0.2) is 19.2 Å². The van der Waals surface area contributed by atoms with E-state index in [-0.39, 0.29) is 18.2 Å². The van der Waals surface area contributed by atoms with Crippen molar-refractivity contribution in [3.63, 3.8) is 0 Å². The summed E-state index contributed by atoms with van der Waals surface area (Å²) >= 11 is 0. The van der Waals surface area contributed by atoms with Crippen molar-refractivity contribution < 1.29 is 26.4 Å². The fourth-order valence-electron chi connectivity index (χ4n) is 3.75. The highest BCUT2D eigenvalue weighted by Gasteiger charge is 2.42. The number of halogens is 1. The Morgan fingerprint density at radius 3 is 1.94 bits per heavy atom. The van der Waals surface area contributed by atoms with E-state index < -0.39 is 13.2 Å². The topological polar surface area (TPSA) is 39.4 Å². The molecule has 0 N–H and O–H groups in total. The van der Waals surface area contributed by atoms with Crippen LogP contribution >= 0.6 is 7.26 Å². The summed E-state index contributed by atoms with van der Waals surface area (Å²) in [5.41, 5.74) is 0.997. The fraction of sp³-hybridized carbons (Fsp3) is 0.115. The Hall–Kier alpha value is -2.87. The minimum absolute atomic E-state index is 0. The lowest BCUT2D eigenvalue weighted by atomic mass is 10.2. The van der Waals surface area contributed by atoms with Gasteiger partial charge in [-0.25, -0.2) is 4.79 Å². The quantitative estimate of drug-likeness (QED) is 0.333. The molecule has 0 fully saturated rings. The van der Waals surface area contributed by atoms with Crippen LogP contribution in [0.4, 0.5) is 0 Å². The van der Waals surface area contributed by atoms with E-state index in [2.05, 4.69) is 73.4 Å². The molecule has 5 heteroatoms. The Labute approximate surface area is 189 Å². The Kier molecular flexibility index (Phi) is 7.33. The standard InChI is InChI=1S/C26H24O3P.ClH/c1-3-28-26(27)24-19-18-23(29-24)22-16-10-11-17-25(22)30(2,20-12-6-4-7-13-20)21-14-8-5-9-15-21;/h4-19H,3H2,1-2H3;1H/q+1;/p-1. The maximum atomic E-state index is 12.1. The monoisotopic (exact) mass is 450 g/mol. The van der Waals surface area contributed by atoms with E-state index in [1.165, 1.54) is 15.9 Å². The average Bonchev–Trinajstić information content (AvgIpc) is 3.30. The molecule has 0 amide bonds. The average molecular weight is 451 g/mol. The maximum absolute atomic E-state index is 12.1. The van der Waals surface area contributed by atoms with Gasteiger partial charge in [0.15, 0.2) is 0 Å². The largest absolute Gasteiger partial charge is 1.00 e. The number of carbonyl (C=O) groups is 1. The summed E-state index contributed by atoms with van der Waals surface area (Å²) in [6.07, 6.45) is 0. The zero-order valence-electron chi connectivity index (χ0n) is 17.5. The van der Waals surface area contributed by atoms with Gasteiger partial charge in [0, 0.05) is 0 Å². The van der Waals surface area contributed by atoms with Crippen molar-refractivity contribution in [3.8, 4) is 11.3 Å². The van der Waals surface area contributed by atoms with E-state index >= 15 is 0 Å². The summed E-state index contributed by atoms with van der Waals surface area (Å²) in [6.45, 7) is 4.44. The predicted molar refractivity (Wildman–Crippen MR) is 125 cm³/mol. The van der Waals surface area contributed by atoms with E-state index in [4.69, 9.17) is 9.15 Å². The highest BCUT2D eigenvalue weighted by atomic mass is 35.5. The number of carbonyl (C=O) groups excluding carboxylic acids is 1. The van der Waals surface area contributed by atoms with Gasteiger partial charge in [-0.15, -0.1) is 0 Å². The molecule has 0 saturated carbocycles. The predicted octanol–water partition coefficient (Wildman–Crippen LogP) is 2.05. The third-order valence-electron chi connectivity index (χ3n) is 5.28. The van der Waals surface area contributed by atoms with Crippen molar-refractivity contribution in [3.05, 3.63) is 103 Å². The lowest BCUT2D eigenvalue weighted by Crippen LogP contribution is -3.00. The van der Waals surface area contributed by atoms with Crippen LogP contribution in [0, 0.1) is 0 Å². The van der Waals surface area contributed by atoms with Crippen LogP contribution in [0.15, 0.2) is 101 Å². The first-order valence-electron chi connectivity index (χ1n) is 9.99. The molecular formula is C26H24ClO3P. The molecule has 4 rings (SSSR count). The van der Waals surface area contributed by atoms with Crippen LogP contribution in [0.3, 0.4) is 0 Å². The van der Waals surface area contributed by atoms with Gasteiger partial charge >= 0.3 is 5.97 Å². The molecule has 0 aliphatic heterocycles. The van der Waals surface area contributed by atoms with Crippen LogP contribution < -0.4 is 28.3 Å². The number of rotatable bonds is 6. The van der Waals surface area contributed by atoms with E-state index in [9.17, 15) is 4.79 Å². The molecule has 0 unspecified atom stereocenters. The lowest BCUT2D eigenvalue weighted by Gasteiger charge is -2.24. The van der Waals surface area contributed by atoms with Crippen molar-refractivity contribution in [2.75, 3.05) is 13.3 Å². The van der Waals surface area contributed by atoms with Gasteiger partial charge in [0.25, 0.3) is 0 Å². The molecule has 3 aromatic carbocycles. The molecule has 1 heterocycles. The summed E-state index contributed by atoms with van der Waals surface area (Å²) < 4.78 is 11.0. The zero-order chi connectivity index (χ0) is 21.0. The second-order valence-corrected chi connectivity index (χ2v) is 10.6. The van der Waals surface area contributed by atoms with Gasteiger partial charge in [0.05, 0.1) is 18.8 Å². The summed E-state index contributed by atoms with van der Waals surface area (Å²) in [5, 5.41) is 3.80. The Morgan fingerprint density at radius 1 is 0.806 bits per heavy atom. The van der Waals surface area contributed by atoms with E-state index in [0.29, 0.717) is 12.4 Å². The molecule has 0 aliphatic carbocycles. The Morgan fingerprint density at radius 2 is 1.35 bits per heavy atom. The summed E-state index contributed by atoms with van der Waals surface area (Å²) in [7, 11) is -1.93. The Balaban J connectivity index is 0.00000272. The van der Waals surface area contributed by atoms with E-state index in [0.717, 1.165) is 5.56 Å². The highest BCUT2D eigenvalue weighted by Crippen LogP contribution is 2.53. The molecule has 0 aliphatic rings. The number of esters is 1. The van der Waals surface area contributed by atoms with Crippen LogP contribution in [0.5, 0.6) is 0 Å². The molecule has 31 heavy (non-hydrogen) atoms. The van der Waals surface area contributed by atoms with Gasteiger partial charge in [-0.1, -0.05) is 48.5 Å². The molecule has 0 atom stereocenters. The Bertz CT molecular complexity index is 1100. The maximum Gasteiger partial charge on any atom is 0.374 e. The van der Waals surface area contributed by atoms with Crippen LogP contribution in [0.1, 0.15) is 17.5 Å². The van der Waals surface area contributed by atoms with Gasteiger partial charge in [0.2, 0.25) is 5.76 Å². The van der Waals surface area contributed by atoms with Crippen LogP contribution in [-0.2, 0) is 4.74 Å². The zero-order valence-corrected chi connectivity index (χ0v) is 19.1. The third-order valence-corrected chi connectivity index (χ3v) is 9.29. The van der Waals surface area contributed by atoms with Gasteiger partial charge < -0.3 is 21.6 Å². The molecule has 1 aromatic heterocycles. The number of benzene rings is 3. The van der Waals surface area contributed by atoms with Crippen molar-refractivity contribution in [2.24, 2.45) is 0 Å². The molecule has 0 spiro atoms. The van der Waals surface area contributed by atoms with Crippen molar-refractivity contribution in [1.82, 2.24) is 0 Å². The van der Waals surface area contributed by atoms with Gasteiger partial charge in [-0.3, -0.25) is 0 Å². The summed E-state index contributed by atoms with van der Waals surface area (Å²) in [6, 6.07) is 33.1. The van der Waals surface area contributed by atoms with Gasteiger partial charge in [0.1, 0.15) is 28.9 Å². The minimum Gasteiger partial charge on any atom is -1.00 e. The number of hydrogen-bond donors (Lipinski definition) is 0. The van der Waals surface area contributed by atoms with E-state index in [1.807, 2.05) is 24.3 Å². The first-order chi connectivity index (χ1) is 14.6. The highest BCUT2D eigenvalue weighted by molar-refractivity contribution is 7.95. The number of ether oxygens (including phenoxy) is 1. The number of furan rings is 1. The van der Waals surface area contributed by atoms with Gasteiger partial charge in [-0.05, 0) is 55.5 Å². The third kappa shape index (κ3) is 4.44. The second kappa shape index (κ2) is 9.96. The van der Waals surface area contributed by atoms with Crippen molar-refractivity contribution in [1.29, 1.82) is 0 Å². The lowest BCUT2D eigenvalue weighted by molar-refractivity contribution is -0.0000239. The second-order valence-electron chi connectivity index (χ2n) is 7.08. The van der Waals surface area contributed by atoms with Crippen LogP contribution in [0.25, 0.3) is 11.3 Å². The summed E-state index contributed by atoms with van der Waals surface area (Å²) in [4.78, 5) is 12.1. The minimum atomic E-state index is -1.93. The van der Waals surface area contributed by atoms with Crippen molar-refractivity contribution in [2.45, 2.75) is 6.92 Å². The summed E-state index contributed by atoms with van der Waals surface area (Å²) in [5.74, 6) is 0.456. The molecule has 0 saturated heterocycles. The molecule has 0 bridgehead atoms. The molecular weight excluding hydrogens is 427 g/mol. The molecule has 158 valence electrons. The first-order valence-corrected chi connectivity index (χ1v) is 12.2. The van der Waals surface area contributed by atoms with Crippen molar-refractivity contribution >= 4 is 29.1 Å². The molecule has 0 radical (unpaired) electrons. The first kappa shape index (κ1) is 22.8. The molecule has 3 nitrogen and oxygen atoms in total. The van der Waals surface area contributed by atoms with E-state index in [1.54, 1.807) is 13.0 Å². The van der Waals surface area contributed by atoms with Crippen LogP contribution in [0.2, 0.25) is 0 Å². The fourth-order valence-corrected chi connectivity index (χ4v) is 7.19. The van der Waals surface area contributed by atoms with Gasteiger partial charge in [-0.2, -0.15) is 0 Å². The smallest absolute Gasteiger partial charge is 0.374 e. The molecule has 4 aromatic rings. The number of hydrogen-bond acceptors (Lipinski definition) is 3.